The lowest BCUT2D eigenvalue weighted by atomic mass is 9.93. The predicted molar refractivity (Wildman–Crippen MR) is 72.3 cm³/mol. The highest BCUT2D eigenvalue weighted by Crippen LogP contribution is 2.25. The summed E-state index contributed by atoms with van der Waals surface area (Å²) in [7, 11) is 0. The minimum Gasteiger partial charge on any atom is -0.398 e. The van der Waals surface area contributed by atoms with Gasteiger partial charge < -0.3 is 5.73 Å². The van der Waals surface area contributed by atoms with Crippen molar-refractivity contribution in [2.75, 3.05) is 5.73 Å². The van der Waals surface area contributed by atoms with Crippen LogP contribution >= 0.6 is 11.3 Å². The first-order valence-corrected chi connectivity index (χ1v) is 6.48. The molecule has 2 rings (SSSR count). The number of nitrogens with zero attached hydrogens (tertiary/aromatic N) is 2. The molecular weight excluding hydrogens is 230 g/mol. The lowest BCUT2D eigenvalue weighted by Crippen LogP contribution is -2.11. The van der Waals surface area contributed by atoms with E-state index < -0.39 is 0 Å². The Balaban J connectivity index is 2.21. The van der Waals surface area contributed by atoms with Gasteiger partial charge in [-0.2, -0.15) is 0 Å². The molecule has 0 fully saturated rings. The zero-order valence-corrected chi connectivity index (χ0v) is 11.2. The molecule has 2 aromatic rings. The largest absolute Gasteiger partial charge is 0.398 e. The number of hydrogen-bond donors (Lipinski definition) is 1. The summed E-state index contributed by atoms with van der Waals surface area (Å²) < 4.78 is 0. The predicted octanol–water partition coefficient (Wildman–Crippen LogP) is 3.01. The van der Waals surface area contributed by atoms with Gasteiger partial charge in [0.05, 0.1) is 10.7 Å². The van der Waals surface area contributed by atoms with E-state index in [9.17, 15) is 0 Å². The number of anilines is 1. The van der Waals surface area contributed by atoms with Gasteiger partial charge in [-0.3, -0.25) is 4.98 Å². The fourth-order valence-corrected chi connectivity index (χ4v) is 2.53. The van der Waals surface area contributed by atoms with E-state index in [0.717, 1.165) is 28.4 Å². The van der Waals surface area contributed by atoms with E-state index in [4.69, 9.17) is 5.73 Å². The molecule has 0 bridgehead atoms. The average molecular weight is 247 g/mol. The van der Waals surface area contributed by atoms with Crippen LogP contribution in [0.3, 0.4) is 0 Å². The number of nitrogen functional groups attached to an aromatic ring is 1. The summed E-state index contributed by atoms with van der Waals surface area (Å²) in [6.07, 6.45) is 4.29. The fourth-order valence-electron chi connectivity index (χ4n) is 1.49. The third-order valence-electron chi connectivity index (χ3n) is 2.60. The normalized spacial score (nSPS) is 11.7. The maximum atomic E-state index is 5.90. The van der Waals surface area contributed by atoms with Crippen LogP contribution in [0, 0.1) is 0 Å². The average Bonchev–Trinajstić information content (AvgIpc) is 2.69. The van der Waals surface area contributed by atoms with E-state index in [2.05, 4.69) is 36.1 Å². The maximum absolute atomic E-state index is 5.90. The molecule has 0 amide bonds. The molecule has 0 radical (unpaired) electrons. The summed E-state index contributed by atoms with van der Waals surface area (Å²) in [6.45, 7) is 6.51. The molecule has 2 heterocycles. The number of hydrogen-bond acceptors (Lipinski definition) is 4. The third kappa shape index (κ3) is 2.82. The minimum absolute atomic E-state index is 0.106. The molecule has 0 unspecified atom stereocenters. The molecule has 3 nitrogen and oxygen atoms in total. The zero-order valence-electron chi connectivity index (χ0n) is 10.4. The zero-order chi connectivity index (χ0) is 12.5. The minimum atomic E-state index is 0.106. The van der Waals surface area contributed by atoms with E-state index in [1.165, 1.54) is 0 Å². The van der Waals surface area contributed by atoms with Crippen LogP contribution in [-0.4, -0.2) is 9.97 Å². The molecule has 0 atom stereocenters. The van der Waals surface area contributed by atoms with Crippen molar-refractivity contribution in [1.82, 2.24) is 9.97 Å². The van der Waals surface area contributed by atoms with Gasteiger partial charge in [-0.15, -0.1) is 11.3 Å². The van der Waals surface area contributed by atoms with Gasteiger partial charge in [-0.05, 0) is 6.07 Å². The van der Waals surface area contributed by atoms with Gasteiger partial charge >= 0.3 is 0 Å². The van der Waals surface area contributed by atoms with Crippen LogP contribution in [0.5, 0.6) is 0 Å². The summed E-state index contributed by atoms with van der Waals surface area (Å²) in [5.41, 5.74) is 8.97. The van der Waals surface area contributed by atoms with Gasteiger partial charge in [0.1, 0.15) is 0 Å². The van der Waals surface area contributed by atoms with Crippen molar-refractivity contribution >= 4 is 17.0 Å². The summed E-state index contributed by atoms with van der Waals surface area (Å²) >= 11 is 1.69. The Kier molecular flexibility index (Phi) is 3.15. The SMILES string of the molecule is CC(C)(C)c1csc(Cc2cnccc2N)n1. The van der Waals surface area contributed by atoms with Gasteiger partial charge in [-0.25, -0.2) is 4.98 Å². The lowest BCUT2D eigenvalue weighted by Gasteiger charge is -2.14. The van der Waals surface area contributed by atoms with Crippen molar-refractivity contribution in [3.63, 3.8) is 0 Å². The van der Waals surface area contributed by atoms with Gasteiger partial charge in [-0.1, -0.05) is 20.8 Å². The number of pyridine rings is 1. The Morgan fingerprint density at radius 2 is 2.12 bits per heavy atom. The first-order valence-electron chi connectivity index (χ1n) is 5.60. The Hall–Kier alpha value is -1.42. The van der Waals surface area contributed by atoms with Crippen molar-refractivity contribution in [2.45, 2.75) is 32.6 Å². The van der Waals surface area contributed by atoms with Crippen molar-refractivity contribution in [1.29, 1.82) is 0 Å². The molecule has 0 aliphatic heterocycles. The quantitative estimate of drug-likeness (QED) is 0.887. The van der Waals surface area contributed by atoms with Crippen LogP contribution in [0.25, 0.3) is 0 Å². The highest BCUT2D eigenvalue weighted by Gasteiger charge is 2.17. The van der Waals surface area contributed by atoms with Crippen LogP contribution in [0.15, 0.2) is 23.8 Å². The van der Waals surface area contributed by atoms with Crippen LogP contribution < -0.4 is 5.73 Å². The van der Waals surface area contributed by atoms with Crippen LogP contribution in [0.1, 0.15) is 37.0 Å². The number of aromatic nitrogens is 2. The van der Waals surface area contributed by atoms with Crippen LogP contribution in [-0.2, 0) is 11.8 Å². The van der Waals surface area contributed by atoms with E-state index >= 15 is 0 Å². The Bertz CT molecular complexity index is 511. The maximum Gasteiger partial charge on any atom is 0.0973 e. The number of thiazole rings is 1. The third-order valence-corrected chi connectivity index (χ3v) is 3.45. The van der Waals surface area contributed by atoms with Gasteiger partial charge in [0, 0.05) is 40.9 Å². The second-order valence-electron chi connectivity index (χ2n) is 5.13. The van der Waals surface area contributed by atoms with Gasteiger partial charge in [0.25, 0.3) is 0 Å². The molecule has 0 saturated carbocycles. The smallest absolute Gasteiger partial charge is 0.0973 e. The van der Waals surface area contributed by atoms with Crippen molar-refractivity contribution < 1.29 is 0 Å². The molecule has 0 aliphatic rings. The van der Waals surface area contributed by atoms with Gasteiger partial charge in [0.2, 0.25) is 0 Å². The standard InChI is InChI=1S/C13H17N3S/c1-13(2,3)11-8-17-12(16-11)6-9-7-15-5-4-10(9)14/h4-5,7-8H,6H2,1-3H3,(H2,14,15). The molecule has 0 saturated heterocycles. The second kappa shape index (κ2) is 4.45. The van der Waals surface area contributed by atoms with Crippen molar-refractivity contribution in [3.8, 4) is 0 Å². The summed E-state index contributed by atoms with van der Waals surface area (Å²) in [5.74, 6) is 0. The fraction of sp³-hybridized carbons (Fsp3) is 0.385. The van der Waals surface area contributed by atoms with Crippen molar-refractivity contribution in [3.05, 3.63) is 40.1 Å². The summed E-state index contributed by atoms with van der Waals surface area (Å²) in [6, 6.07) is 1.83. The molecule has 0 aliphatic carbocycles. The molecule has 4 heteroatoms. The molecule has 17 heavy (non-hydrogen) atoms. The van der Waals surface area contributed by atoms with Crippen LogP contribution in [0.2, 0.25) is 0 Å². The van der Waals surface area contributed by atoms with E-state index in [1.807, 2.05) is 12.3 Å². The Morgan fingerprint density at radius 3 is 2.71 bits per heavy atom. The second-order valence-corrected chi connectivity index (χ2v) is 6.07. The Labute approximate surface area is 106 Å². The Morgan fingerprint density at radius 1 is 1.35 bits per heavy atom. The monoisotopic (exact) mass is 247 g/mol. The molecule has 0 spiro atoms. The highest BCUT2D eigenvalue weighted by atomic mass is 32.1. The van der Waals surface area contributed by atoms with E-state index in [-0.39, 0.29) is 5.41 Å². The van der Waals surface area contributed by atoms with E-state index in [1.54, 1.807) is 17.5 Å². The molecule has 2 aromatic heterocycles. The van der Waals surface area contributed by atoms with Gasteiger partial charge in [0.15, 0.2) is 0 Å². The number of nitrogens with two attached hydrogens (primary N) is 1. The molecular formula is C13H17N3S. The molecule has 2 N–H and O–H groups in total. The summed E-state index contributed by atoms with van der Waals surface area (Å²) in [4.78, 5) is 8.75. The first kappa shape index (κ1) is 12.0. The van der Waals surface area contributed by atoms with E-state index in [0.29, 0.717) is 0 Å². The highest BCUT2D eigenvalue weighted by molar-refractivity contribution is 7.09. The lowest BCUT2D eigenvalue weighted by molar-refractivity contribution is 0.571. The van der Waals surface area contributed by atoms with Crippen molar-refractivity contribution in [2.24, 2.45) is 0 Å². The summed E-state index contributed by atoms with van der Waals surface area (Å²) in [5, 5.41) is 3.22. The molecule has 0 aromatic carbocycles. The van der Waals surface area contributed by atoms with Crippen LogP contribution in [0.4, 0.5) is 5.69 Å². The topological polar surface area (TPSA) is 51.8 Å². The number of rotatable bonds is 2. The first-order chi connectivity index (χ1) is 7.97. The molecule has 90 valence electrons.